The van der Waals surface area contributed by atoms with E-state index in [2.05, 4.69) is 54.6 Å². The molecule has 38 heavy (non-hydrogen) atoms. The monoisotopic (exact) mass is 550 g/mol. The Bertz CT molecular complexity index is 1190. The molecular formula is C31H34O5S2. The van der Waals surface area contributed by atoms with Gasteiger partial charge < -0.3 is 23.7 Å². The van der Waals surface area contributed by atoms with Gasteiger partial charge in [-0.2, -0.15) is 0 Å². The van der Waals surface area contributed by atoms with Crippen molar-refractivity contribution in [3.63, 3.8) is 0 Å². The van der Waals surface area contributed by atoms with Crippen LogP contribution in [0.15, 0.2) is 78.9 Å². The molecule has 0 atom stereocenters. The molecular weight excluding hydrogens is 516 g/mol. The van der Waals surface area contributed by atoms with Crippen molar-refractivity contribution in [2.75, 3.05) is 47.1 Å². The summed E-state index contributed by atoms with van der Waals surface area (Å²) in [7, 11) is 8.30. The average molecular weight is 551 g/mol. The van der Waals surface area contributed by atoms with Crippen LogP contribution in [0.1, 0.15) is 23.1 Å². The van der Waals surface area contributed by atoms with Crippen molar-refractivity contribution in [2.24, 2.45) is 0 Å². The molecule has 0 radical (unpaired) electrons. The average Bonchev–Trinajstić information content (AvgIpc) is 2.99. The van der Waals surface area contributed by atoms with Crippen LogP contribution in [0.2, 0.25) is 0 Å². The number of ether oxygens (including phenoxy) is 5. The molecule has 1 saturated heterocycles. The van der Waals surface area contributed by atoms with Crippen molar-refractivity contribution in [2.45, 2.75) is 10.5 Å². The Labute approximate surface area is 234 Å². The van der Waals surface area contributed by atoms with Crippen LogP contribution in [0, 0.1) is 0 Å². The maximum absolute atomic E-state index is 5.67. The van der Waals surface area contributed by atoms with Gasteiger partial charge in [-0.3, -0.25) is 0 Å². The van der Waals surface area contributed by atoms with E-state index in [9.17, 15) is 0 Å². The second-order valence-electron chi connectivity index (χ2n) is 8.53. The minimum absolute atomic E-state index is 0.285. The van der Waals surface area contributed by atoms with E-state index >= 15 is 0 Å². The van der Waals surface area contributed by atoms with Crippen LogP contribution < -0.4 is 23.7 Å². The highest BCUT2D eigenvalue weighted by Gasteiger charge is 2.35. The SMILES string of the molecule is COc1ccc(C(=C/C=C/C2(c3cc(OC)c(OC)c(OC)c3)SCCCS2)c2ccc(OC)cc2)cc1. The van der Waals surface area contributed by atoms with Gasteiger partial charge in [-0.15, -0.1) is 23.5 Å². The Hall–Kier alpha value is -3.16. The van der Waals surface area contributed by atoms with Crippen molar-refractivity contribution in [1.82, 2.24) is 0 Å². The summed E-state index contributed by atoms with van der Waals surface area (Å²) in [5, 5.41) is 0. The Morgan fingerprint density at radius 1 is 0.684 bits per heavy atom. The smallest absolute Gasteiger partial charge is 0.203 e. The van der Waals surface area contributed by atoms with Gasteiger partial charge in [0.1, 0.15) is 15.6 Å². The van der Waals surface area contributed by atoms with Crippen LogP contribution in [-0.4, -0.2) is 47.1 Å². The molecule has 0 bridgehead atoms. The van der Waals surface area contributed by atoms with Gasteiger partial charge in [-0.1, -0.05) is 42.5 Å². The summed E-state index contributed by atoms with van der Waals surface area (Å²) in [5.41, 5.74) is 4.43. The molecule has 0 saturated carbocycles. The molecule has 1 heterocycles. The van der Waals surface area contributed by atoms with Crippen molar-refractivity contribution < 1.29 is 23.7 Å². The molecule has 1 aliphatic rings. The summed E-state index contributed by atoms with van der Waals surface area (Å²) in [5.74, 6) is 5.72. The first kappa shape index (κ1) is 27.9. The number of methoxy groups -OCH3 is 5. The summed E-state index contributed by atoms with van der Waals surface area (Å²) in [6.45, 7) is 0. The fraction of sp³-hybridized carbons (Fsp3) is 0.290. The third-order valence-electron chi connectivity index (χ3n) is 6.37. The Morgan fingerprint density at radius 2 is 1.18 bits per heavy atom. The minimum atomic E-state index is -0.285. The van der Waals surface area contributed by atoms with Crippen molar-refractivity contribution in [1.29, 1.82) is 0 Å². The van der Waals surface area contributed by atoms with Gasteiger partial charge >= 0.3 is 0 Å². The fourth-order valence-electron chi connectivity index (χ4n) is 4.36. The predicted octanol–water partition coefficient (Wildman–Crippen LogP) is 7.44. The van der Waals surface area contributed by atoms with Crippen LogP contribution in [0.3, 0.4) is 0 Å². The molecule has 0 spiro atoms. The molecule has 0 aliphatic carbocycles. The van der Waals surface area contributed by atoms with Crippen LogP contribution in [0.4, 0.5) is 0 Å². The van der Waals surface area contributed by atoms with E-state index in [1.54, 1.807) is 35.5 Å². The zero-order chi connectivity index (χ0) is 27.0. The van der Waals surface area contributed by atoms with Gasteiger partial charge in [0, 0.05) is 0 Å². The maximum Gasteiger partial charge on any atom is 0.203 e. The Balaban J connectivity index is 1.78. The highest BCUT2D eigenvalue weighted by molar-refractivity contribution is 8.18. The summed E-state index contributed by atoms with van der Waals surface area (Å²) in [6.07, 6.45) is 7.81. The molecule has 3 aromatic carbocycles. The lowest BCUT2D eigenvalue weighted by Crippen LogP contribution is -2.20. The first-order chi connectivity index (χ1) is 18.6. The van der Waals surface area contributed by atoms with Gasteiger partial charge in [0.2, 0.25) is 5.75 Å². The first-order valence-corrected chi connectivity index (χ1v) is 14.3. The number of hydrogen-bond donors (Lipinski definition) is 0. The second-order valence-corrected chi connectivity index (χ2v) is 11.5. The Morgan fingerprint density at radius 3 is 1.61 bits per heavy atom. The molecule has 200 valence electrons. The lowest BCUT2D eigenvalue weighted by molar-refractivity contribution is 0.324. The van der Waals surface area contributed by atoms with Crippen molar-refractivity contribution in [3.05, 3.63) is 95.6 Å². The zero-order valence-electron chi connectivity index (χ0n) is 22.5. The Kier molecular flexibility index (Phi) is 9.58. The molecule has 3 aromatic rings. The number of benzene rings is 3. The van der Waals surface area contributed by atoms with E-state index in [4.69, 9.17) is 23.7 Å². The van der Waals surface area contributed by atoms with E-state index in [0.717, 1.165) is 45.3 Å². The van der Waals surface area contributed by atoms with E-state index in [1.807, 2.05) is 47.8 Å². The van der Waals surface area contributed by atoms with Crippen LogP contribution in [0.5, 0.6) is 28.7 Å². The summed E-state index contributed by atoms with van der Waals surface area (Å²) in [6, 6.07) is 20.4. The third kappa shape index (κ3) is 6.11. The number of thioether (sulfide) groups is 2. The second kappa shape index (κ2) is 13.1. The molecule has 1 fully saturated rings. The maximum atomic E-state index is 5.67. The molecule has 1 aliphatic heterocycles. The van der Waals surface area contributed by atoms with E-state index in [0.29, 0.717) is 17.2 Å². The van der Waals surface area contributed by atoms with Crippen molar-refractivity contribution >= 4 is 29.1 Å². The quantitative estimate of drug-likeness (QED) is 0.243. The lowest BCUT2D eigenvalue weighted by Gasteiger charge is -2.34. The minimum Gasteiger partial charge on any atom is -0.497 e. The molecule has 0 unspecified atom stereocenters. The highest BCUT2D eigenvalue weighted by Crippen LogP contribution is 2.54. The normalized spacial score (nSPS) is 14.6. The summed E-state index contributed by atoms with van der Waals surface area (Å²) >= 11 is 3.86. The molecule has 5 nitrogen and oxygen atoms in total. The predicted molar refractivity (Wildman–Crippen MR) is 160 cm³/mol. The van der Waals surface area contributed by atoms with Gasteiger partial charge in [-0.05, 0) is 76.6 Å². The van der Waals surface area contributed by atoms with Gasteiger partial charge in [0.05, 0.1) is 35.5 Å². The van der Waals surface area contributed by atoms with Crippen molar-refractivity contribution in [3.8, 4) is 28.7 Å². The topological polar surface area (TPSA) is 46.2 Å². The number of rotatable bonds is 10. The third-order valence-corrected chi connectivity index (χ3v) is 9.66. The van der Waals surface area contributed by atoms with Crippen LogP contribution >= 0.6 is 23.5 Å². The largest absolute Gasteiger partial charge is 0.497 e. The van der Waals surface area contributed by atoms with E-state index in [1.165, 1.54) is 6.42 Å². The van der Waals surface area contributed by atoms with E-state index < -0.39 is 0 Å². The molecule has 0 amide bonds. The fourth-order valence-corrected chi connectivity index (χ4v) is 7.48. The summed E-state index contributed by atoms with van der Waals surface area (Å²) in [4.78, 5) is 0. The van der Waals surface area contributed by atoms with Crippen LogP contribution in [-0.2, 0) is 4.08 Å². The first-order valence-electron chi connectivity index (χ1n) is 12.3. The standard InChI is InChI=1S/C31H34O5S2/c1-32-25-13-9-22(10-14-25)27(23-11-15-26(33-2)16-12-23)8-6-17-31(37-18-7-19-38-31)24-20-28(34-3)30(36-5)29(21-24)35-4/h6,8-17,20-21H,7,18-19H2,1-5H3/b17-6+. The lowest BCUT2D eigenvalue weighted by atomic mass is 9.97. The number of hydrogen-bond acceptors (Lipinski definition) is 7. The highest BCUT2D eigenvalue weighted by atomic mass is 32.2. The number of allylic oxidation sites excluding steroid dienone is 2. The zero-order valence-corrected chi connectivity index (χ0v) is 24.1. The van der Waals surface area contributed by atoms with E-state index in [-0.39, 0.29) is 4.08 Å². The summed E-state index contributed by atoms with van der Waals surface area (Å²) < 4.78 is 27.4. The van der Waals surface area contributed by atoms with Crippen LogP contribution in [0.25, 0.3) is 5.57 Å². The van der Waals surface area contributed by atoms with Gasteiger partial charge in [0.15, 0.2) is 11.5 Å². The van der Waals surface area contributed by atoms with Gasteiger partial charge in [0.25, 0.3) is 0 Å². The van der Waals surface area contributed by atoms with Gasteiger partial charge in [-0.25, -0.2) is 0 Å². The molecule has 0 aromatic heterocycles. The molecule has 0 N–H and O–H groups in total. The molecule has 7 heteroatoms. The molecule has 4 rings (SSSR count).